The Morgan fingerprint density at radius 3 is 1.83 bits per heavy atom. The normalized spacial score (nSPS) is 17.4. The molecule has 84 heavy (non-hydrogen) atoms. The Kier molecular flexibility index (Phi) is 24.2. The largest absolute Gasteiger partial charge is 0.508 e. The summed E-state index contributed by atoms with van der Waals surface area (Å²) < 4.78 is 0. The summed E-state index contributed by atoms with van der Waals surface area (Å²) in [5, 5.41) is 45.9. The highest BCUT2D eigenvalue weighted by molar-refractivity contribution is 5.99. The third-order valence-electron chi connectivity index (χ3n) is 14.7. The summed E-state index contributed by atoms with van der Waals surface area (Å²) in [6, 6.07) is 1.86. The van der Waals surface area contributed by atoms with E-state index >= 15 is 0 Å². The van der Waals surface area contributed by atoms with E-state index in [9.17, 15) is 58.2 Å². The minimum absolute atomic E-state index is 0.0592. The lowest BCUT2D eigenvalue weighted by Crippen LogP contribution is -2.61. The zero-order valence-corrected chi connectivity index (χ0v) is 48.3. The lowest BCUT2D eigenvalue weighted by atomic mass is 9.98. The highest BCUT2D eigenvalue weighted by Crippen LogP contribution is 2.22. The van der Waals surface area contributed by atoms with Gasteiger partial charge >= 0.3 is 0 Å². The first-order valence-electron chi connectivity index (χ1n) is 28.8. The molecule has 6 rings (SSSR count). The topological polar surface area (TPSA) is 393 Å². The lowest BCUT2D eigenvalue weighted by molar-refractivity contribution is -0.142. The first-order chi connectivity index (χ1) is 40.2. The predicted molar refractivity (Wildman–Crippen MR) is 308 cm³/mol. The number of phenolic OH excluding ortho intramolecular Hbond substituents is 1. The number of carbonyl (C=O) groups is 10. The fourth-order valence-corrected chi connectivity index (χ4v) is 10.3. The monoisotopic (exact) mass is 1170 g/mol. The van der Waals surface area contributed by atoms with Gasteiger partial charge in [0.15, 0.2) is 0 Å². The van der Waals surface area contributed by atoms with Crippen molar-refractivity contribution < 1.29 is 58.2 Å². The minimum Gasteiger partial charge on any atom is -0.508 e. The molecular formula is C58H82N14O12. The van der Waals surface area contributed by atoms with Gasteiger partial charge in [0.1, 0.15) is 60.1 Å². The molecular weight excluding hydrogens is 1080 g/mol. The van der Waals surface area contributed by atoms with Gasteiger partial charge in [-0.3, -0.25) is 47.9 Å². The zero-order valence-electron chi connectivity index (χ0n) is 48.3. The number of fused-ring (bicyclic) bond motifs is 1. The number of aliphatic hydroxyl groups excluding tert-OH is 1. The number of carbonyl (C=O) groups excluding carboxylic acids is 10. The molecule has 2 aliphatic heterocycles. The number of likely N-dealkylation sites (tertiary alicyclic amines) is 1. The van der Waals surface area contributed by atoms with Gasteiger partial charge in [0, 0.05) is 67.8 Å². The smallest absolute Gasteiger partial charge is 0.245 e. The van der Waals surface area contributed by atoms with Crippen LogP contribution in [0.3, 0.4) is 0 Å². The molecule has 0 unspecified atom stereocenters. The predicted octanol–water partition coefficient (Wildman–Crippen LogP) is -0.753. The highest BCUT2D eigenvalue weighted by atomic mass is 16.3. The maximum absolute atomic E-state index is 14.6. The summed E-state index contributed by atoms with van der Waals surface area (Å²) in [4.78, 5) is 151. The van der Waals surface area contributed by atoms with E-state index in [0.29, 0.717) is 49.2 Å². The van der Waals surface area contributed by atoms with Gasteiger partial charge in [-0.05, 0) is 99.6 Å². The van der Waals surface area contributed by atoms with Gasteiger partial charge < -0.3 is 78.7 Å². The number of nitrogens with one attached hydrogen (secondary N) is 11. The van der Waals surface area contributed by atoms with Crippen LogP contribution in [0.4, 0.5) is 0 Å². The molecule has 0 bridgehead atoms. The highest BCUT2D eigenvalue weighted by Gasteiger charge is 2.40. The number of nitrogens with two attached hydrogens (primary N) is 1. The Balaban J connectivity index is 1.22. The summed E-state index contributed by atoms with van der Waals surface area (Å²) in [5.74, 6) is -7.16. The van der Waals surface area contributed by atoms with Crippen LogP contribution in [0.1, 0.15) is 103 Å². The molecule has 0 radical (unpaired) electrons. The van der Waals surface area contributed by atoms with Crippen molar-refractivity contribution >= 4 is 70.0 Å². The minimum atomic E-state index is -1.74. The molecule has 4 heterocycles. The fraction of sp³-hybridized carbons (Fsp3) is 0.534. The van der Waals surface area contributed by atoms with E-state index in [2.05, 4.69) is 62.8 Å². The van der Waals surface area contributed by atoms with Crippen molar-refractivity contribution in [3.63, 3.8) is 0 Å². The van der Waals surface area contributed by atoms with Crippen LogP contribution in [0.25, 0.3) is 10.9 Å². The average molecular weight is 1170 g/mol. The molecule has 26 nitrogen and oxygen atoms in total. The summed E-state index contributed by atoms with van der Waals surface area (Å²) in [7, 11) is 0. The second-order valence-electron chi connectivity index (χ2n) is 22.3. The Morgan fingerprint density at radius 1 is 0.690 bits per heavy atom. The van der Waals surface area contributed by atoms with Crippen LogP contribution in [-0.2, 0) is 67.2 Å². The van der Waals surface area contributed by atoms with Crippen molar-refractivity contribution in [2.45, 2.75) is 160 Å². The summed E-state index contributed by atoms with van der Waals surface area (Å²) >= 11 is 0. The van der Waals surface area contributed by atoms with Crippen LogP contribution < -0.4 is 53.6 Å². The molecule has 2 fully saturated rings. The molecule has 2 aliphatic rings. The van der Waals surface area contributed by atoms with Crippen LogP contribution in [0, 0.1) is 11.8 Å². The quantitative estimate of drug-likeness (QED) is 0.0295. The number of benzene rings is 2. The van der Waals surface area contributed by atoms with E-state index < -0.39 is 108 Å². The van der Waals surface area contributed by atoms with Gasteiger partial charge in [0.2, 0.25) is 59.1 Å². The number of H-pyrrole nitrogens is 2. The van der Waals surface area contributed by atoms with E-state index in [1.807, 2.05) is 45.9 Å². The number of rotatable bonds is 31. The number of aromatic amines is 2. The van der Waals surface area contributed by atoms with Crippen molar-refractivity contribution in [3.05, 3.63) is 84.1 Å². The summed E-state index contributed by atoms with van der Waals surface area (Å²) in [6.07, 6.45) is 6.14. The van der Waals surface area contributed by atoms with Gasteiger partial charge in [-0.1, -0.05) is 58.0 Å². The molecule has 4 aromatic rings. The number of likely N-dealkylation sites (N-methyl/N-ethyl adjacent to an activating group) is 1. The molecule has 0 saturated carbocycles. The molecule has 26 heteroatoms. The Morgan fingerprint density at radius 2 is 1.26 bits per heavy atom. The molecule has 2 saturated heterocycles. The number of amides is 10. The van der Waals surface area contributed by atoms with Gasteiger partial charge in [0.25, 0.3) is 0 Å². The third kappa shape index (κ3) is 18.6. The SMILES string of the molecule is CCNC(=O)[C@@H]1CCCN1C(=O)[C@H](CCCN)NC(=O)[C@H](CC(C)C)NC(=O)[C@@H](CC(C)C)NC(=O)[C@H](Cc1ccc(O)cc1)NC(=O)[C@H](CO)NC(=O)[C@H](Cc1c[nH]c2ccccc12)NC(=O)[C@H](Cc1cnc[nH]1)NC(=O)[C@@H]1CCC(=O)N1. The molecule has 2 aromatic heterocycles. The van der Waals surface area contributed by atoms with Gasteiger partial charge in [0.05, 0.1) is 12.9 Å². The molecule has 9 atom stereocenters. The fourth-order valence-electron chi connectivity index (χ4n) is 10.3. The number of para-hydroxylation sites is 1. The molecule has 0 spiro atoms. The average Bonchev–Trinajstić information content (AvgIpc) is 4.43. The number of imidazole rings is 1. The van der Waals surface area contributed by atoms with Crippen molar-refractivity contribution in [2.75, 3.05) is 26.2 Å². The molecule has 15 N–H and O–H groups in total. The van der Waals surface area contributed by atoms with E-state index in [0.717, 1.165) is 10.9 Å². The maximum atomic E-state index is 14.6. The van der Waals surface area contributed by atoms with E-state index in [1.54, 1.807) is 19.2 Å². The van der Waals surface area contributed by atoms with Gasteiger partial charge in [-0.2, -0.15) is 0 Å². The van der Waals surface area contributed by atoms with Crippen LogP contribution in [0.2, 0.25) is 0 Å². The zero-order chi connectivity index (χ0) is 61.0. The van der Waals surface area contributed by atoms with Crippen LogP contribution in [0.15, 0.2) is 67.3 Å². The van der Waals surface area contributed by atoms with E-state index in [4.69, 9.17) is 5.73 Å². The number of aromatic nitrogens is 3. The van der Waals surface area contributed by atoms with Gasteiger partial charge in [-0.25, -0.2) is 4.98 Å². The van der Waals surface area contributed by atoms with Crippen LogP contribution in [0.5, 0.6) is 5.75 Å². The number of hydrogen-bond donors (Lipinski definition) is 14. The maximum Gasteiger partial charge on any atom is 0.245 e. The Hall–Kier alpha value is -8.39. The number of hydrogen-bond acceptors (Lipinski definition) is 14. The summed E-state index contributed by atoms with van der Waals surface area (Å²) in [5.41, 5.74) is 8.08. The Labute approximate surface area is 487 Å². The standard InChI is InChI=1S/C58H82N14O12/c1-6-61-57(83)48-14-10-22-72(48)58(84)41(13-9-21-59)65-51(77)42(23-32(2)3)66-52(78)43(24-33(4)5)67-53(79)44(25-34-15-17-37(74)18-16-34)68-56(82)47(30-73)71-54(80)45(26-35-28-62-39-12-8-7-11-38(35)39)69-55(81)46(27-36-29-60-31-63-36)70-50(76)40-19-20-49(75)64-40/h7-8,11-12,15-18,28-29,31-33,40-48,62,73-74H,6,9-10,13-14,19-27,30,59H2,1-5H3,(H,60,63)(H,61,83)(H,64,75)(H,65,77)(H,66,78)(H,67,79)(H,68,82)(H,69,81)(H,70,76)(H,71,80)/t40-,41-,42-,43+,44-,45-,46-,47-,48-/m0/s1. The molecule has 10 amide bonds. The van der Waals surface area contributed by atoms with Crippen molar-refractivity contribution in [1.29, 1.82) is 0 Å². The van der Waals surface area contributed by atoms with Gasteiger partial charge in [-0.15, -0.1) is 0 Å². The second kappa shape index (κ2) is 31.3. The third-order valence-corrected chi connectivity index (χ3v) is 14.7. The second-order valence-corrected chi connectivity index (χ2v) is 22.3. The number of nitrogens with zero attached hydrogens (tertiary/aromatic N) is 2. The molecule has 2 aromatic carbocycles. The molecule has 456 valence electrons. The Bertz CT molecular complexity index is 2910. The van der Waals surface area contributed by atoms with Crippen LogP contribution in [-0.4, -0.2) is 170 Å². The number of phenols is 1. The van der Waals surface area contributed by atoms with Crippen molar-refractivity contribution in [1.82, 2.24) is 67.7 Å². The number of aromatic hydroxyl groups is 1. The van der Waals surface area contributed by atoms with E-state index in [-0.39, 0.29) is 87.3 Å². The van der Waals surface area contributed by atoms with Crippen molar-refractivity contribution in [2.24, 2.45) is 17.6 Å². The van der Waals surface area contributed by atoms with Crippen molar-refractivity contribution in [3.8, 4) is 5.75 Å². The summed E-state index contributed by atoms with van der Waals surface area (Å²) in [6.45, 7) is 9.03. The lowest BCUT2D eigenvalue weighted by Gasteiger charge is -2.31. The van der Waals surface area contributed by atoms with E-state index in [1.165, 1.54) is 41.7 Å². The number of aliphatic hydroxyl groups is 1. The first-order valence-corrected chi connectivity index (χ1v) is 28.8. The molecule has 0 aliphatic carbocycles. The van der Waals surface area contributed by atoms with Crippen LogP contribution >= 0.6 is 0 Å². The first kappa shape index (κ1) is 64.8.